The number of allylic oxidation sites excluding steroid dienone is 1. The molecule has 0 amide bonds. The molecule has 2 aromatic rings. The van der Waals surface area contributed by atoms with Crippen molar-refractivity contribution in [2.24, 2.45) is 34.5 Å². The first-order chi connectivity index (χ1) is 19.7. The first-order valence-electron chi connectivity index (χ1n) is 16.4. The van der Waals surface area contributed by atoms with Crippen LogP contribution < -0.4 is 0 Å². The van der Waals surface area contributed by atoms with Gasteiger partial charge in [0.25, 0.3) is 0 Å². The number of ether oxygens (including phenoxy) is 2. The molecule has 0 unspecified atom stereocenters. The second-order valence-corrected chi connectivity index (χ2v) is 14.9. The minimum absolute atomic E-state index is 0.0713. The van der Waals surface area contributed by atoms with E-state index in [-0.39, 0.29) is 28.7 Å². The van der Waals surface area contributed by atoms with E-state index in [4.69, 9.17) is 9.47 Å². The van der Waals surface area contributed by atoms with Crippen molar-refractivity contribution in [3.05, 3.63) is 83.4 Å². The molecule has 0 spiro atoms. The molecular weight excluding hydrogens is 504 g/mol. The number of rotatable bonds is 4. The van der Waals surface area contributed by atoms with Crippen molar-refractivity contribution in [2.75, 3.05) is 0 Å². The van der Waals surface area contributed by atoms with E-state index in [1.54, 1.807) is 12.5 Å². The van der Waals surface area contributed by atoms with Gasteiger partial charge in [0.1, 0.15) is 11.7 Å². The number of carbonyl (C=O) groups excluding carboxylic acids is 1. The highest BCUT2D eigenvalue weighted by Gasteiger charge is 2.64. The number of hydrogen-bond donors (Lipinski definition) is 0. The lowest BCUT2D eigenvalue weighted by molar-refractivity contribution is -0.153. The van der Waals surface area contributed by atoms with Crippen molar-refractivity contribution in [3.63, 3.8) is 0 Å². The molecule has 0 radical (unpaired) electrons. The van der Waals surface area contributed by atoms with Crippen LogP contribution in [-0.4, -0.2) is 17.7 Å². The van der Waals surface area contributed by atoms with Gasteiger partial charge in [-0.2, -0.15) is 0 Å². The summed E-state index contributed by atoms with van der Waals surface area (Å²) in [6, 6.07) is 22.0. The van der Waals surface area contributed by atoms with Crippen LogP contribution in [0.1, 0.15) is 103 Å². The third kappa shape index (κ3) is 4.20. The van der Waals surface area contributed by atoms with Gasteiger partial charge in [-0.05, 0) is 110 Å². The first-order valence-corrected chi connectivity index (χ1v) is 16.4. The van der Waals surface area contributed by atoms with Gasteiger partial charge in [-0.25, -0.2) is 0 Å². The lowest BCUT2D eigenvalue weighted by atomic mass is 9.46. The van der Waals surface area contributed by atoms with E-state index in [0.717, 1.165) is 49.9 Å². The zero-order valence-electron chi connectivity index (χ0n) is 25.5. The van der Waals surface area contributed by atoms with E-state index in [9.17, 15) is 4.79 Å². The van der Waals surface area contributed by atoms with Crippen LogP contribution >= 0.6 is 0 Å². The van der Waals surface area contributed by atoms with Gasteiger partial charge in [0.05, 0.1) is 5.60 Å². The van der Waals surface area contributed by atoms with Crippen molar-refractivity contribution in [2.45, 2.75) is 109 Å². The fraction of sp³-hybridized carbons (Fsp3) is 0.605. The predicted octanol–water partition coefficient (Wildman–Crippen LogP) is 9.01. The number of esters is 1. The fourth-order valence-corrected chi connectivity index (χ4v) is 11.1. The van der Waals surface area contributed by atoms with Crippen LogP contribution in [0.2, 0.25) is 0 Å². The van der Waals surface area contributed by atoms with Gasteiger partial charge in [-0.3, -0.25) is 4.79 Å². The monoisotopic (exact) mass is 552 g/mol. The summed E-state index contributed by atoms with van der Waals surface area (Å²) in [7, 11) is 0. The lowest BCUT2D eigenvalue weighted by Gasteiger charge is -2.59. The van der Waals surface area contributed by atoms with Crippen LogP contribution in [0.25, 0.3) is 0 Å². The van der Waals surface area contributed by atoms with Crippen LogP contribution in [0, 0.1) is 34.5 Å². The summed E-state index contributed by atoms with van der Waals surface area (Å²) in [6.45, 7) is 9.20. The van der Waals surface area contributed by atoms with E-state index < -0.39 is 0 Å². The van der Waals surface area contributed by atoms with Crippen molar-refractivity contribution in [3.8, 4) is 0 Å². The molecule has 3 nitrogen and oxygen atoms in total. The highest BCUT2D eigenvalue weighted by molar-refractivity contribution is 5.66. The maximum atomic E-state index is 11.7. The molecule has 1 saturated heterocycles. The summed E-state index contributed by atoms with van der Waals surface area (Å²) < 4.78 is 13.2. The Kier molecular flexibility index (Phi) is 6.58. The van der Waals surface area contributed by atoms with E-state index in [1.807, 2.05) is 0 Å². The molecule has 3 saturated carbocycles. The number of carbonyl (C=O) groups is 1. The summed E-state index contributed by atoms with van der Waals surface area (Å²) in [5.74, 6) is 2.71. The van der Waals surface area contributed by atoms with Gasteiger partial charge in [-0.15, -0.1) is 0 Å². The van der Waals surface area contributed by atoms with Crippen molar-refractivity contribution < 1.29 is 14.3 Å². The predicted molar refractivity (Wildman–Crippen MR) is 163 cm³/mol. The molecule has 3 heteroatoms. The van der Waals surface area contributed by atoms with Gasteiger partial charge in [-0.1, -0.05) is 86.2 Å². The Labute approximate surface area is 247 Å². The molecule has 0 N–H and O–H groups in total. The van der Waals surface area contributed by atoms with E-state index >= 15 is 0 Å². The molecule has 1 aliphatic heterocycles. The third-order valence-electron chi connectivity index (χ3n) is 13.0. The molecule has 0 aromatic heterocycles. The maximum Gasteiger partial charge on any atom is 0.302 e. The molecule has 41 heavy (non-hydrogen) atoms. The van der Waals surface area contributed by atoms with Crippen LogP contribution in [0.5, 0.6) is 0 Å². The Balaban J connectivity index is 1.17. The number of fused-ring (bicyclic) bond motifs is 5. The van der Waals surface area contributed by atoms with Crippen LogP contribution in [0.4, 0.5) is 0 Å². The fourth-order valence-electron chi connectivity index (χ4n) is 11.1. The van der Waals surface area contributed by atoms with Crippen LogP contribution in [0.15, 0.2) is 72.3 Å². The third-order valence-corrected chi connectivity index (χ3v) is 13.0. The minimum Gasteiger partial charge on any atom is -0.462 e. The summed E-state index contributed by atoms with van der Waals surface area (Å²) in [4.78, 5) is 11.7. The normalized spacial score (nSPS) is 41.1. The molecule has 218 valence electrons. The van der Waals surface area contributed by atoms with Gasteiger partial charge in [0.15, 0.2) is 0 Å². The minimum atomic E-state index is -0.376. The van der Waals surface area contributed by atoms with Gasteiger partial charge >= 0.3 is 5.97 Å². The molecule has 7 rings (SSSR count). The van der Waals surface area contributed by atoms with Crippen LogP contribution in [0.3, 0.4) is 0 Å². The first kappa shape index (κ1) is 27.4. The Morgan fingerprint density at radius 3 is 2.15 bits per heavy atom. The van der Waals surface area contributed by atoms with Crippen LogP contribution in [-0.2, 0) is 19.9 Å². The average molecular weight is 553 g/mol. The maximum absolute atomic E-state index is 11.7. The Bertz CT molecular complexity index is 1280. The van der Waals surface area contributed by atoms with Gasteiger partial charge < -0.3 is 9.47 Å². The summed E-state index contributed by atoms with van der Waals surface area (Å²) >= 11 is 0. The van der Waals surface area contributed by atoms with Gasteiger partial charge in [0.2, 0.25) is 0 Å². The average Bonchev–Trinajstić information content (AvgIpc) is 3.53. The Hall–Kier alpha value is -2.39. The molecule has 4 aliphatic carbocycles. The van der Waals surface area contributed by atoms with Crippen molar-refractivity contribution >= 4 is 5.97 Å². The Morgan fingerprint density at radius 2 is 1.49 bits per heavy atom. The molecule has 1 heterocycles. The summed E-state index contributed by atoms with van der Waals surface area (Å²) in [6.07, 6.45) is 14.3. The SMILES string of the molecule is CC(=O)O[C@@H]1CC[C@@]2(C)C(=CC[C@H]3[C@H]2CC[C@@]2(C)[C@H]3CC[C@@H]2[C@]2(C)CCC(c3ccccc3)(c3ccccc3)O2)C1. The summed E-state index contributed by atoms with van der Waals surface area (Å²) in [5.41, 5.74) is 4.24. The zero-order chi connectivity index (χ0) is 28.5. The number of hydrogen-bond acceptors (Lipinski definition) is 3. The molecule has 0 bridgehead atoms. The second-order valence-electron chi connectivity index (χ2n) is 14.9. The highest BCUT2D eigenvalue weighted by Crippen LogP contribution is 2.69. The Morgan fingerprint density at radius 1 is 0.805 bits per heavy atom. The molecule has 5 aliphatic rings. The quantitative estimate of drug-likeness (QED) is 0.280. The van der Waals surface area contributed by atoms with E-state index in [2.05, 4.69) is 87.5 Å². The second kappa shape index (κ2) is 9.83. The topological polar surface area (TPSA) is 35.5 Å². The molecule has 2 aromatic carbocycles. The zero-order valence-corrected chi connectivity index (χ0v) is 25.5. The molecule has 8 atom stereocenters. The van der Waals surface area contributed by atoms with Gasteiger partial charge in [0, 0.05) is 13.3 Å². The molecule has 4 fully saturated rings. The smallest absolute Gasteiger partial charge is 0.302 e. The van der Waals surface area contributed by atoms with Crippen molar-refractivity contribution in [1.29, 1.82) is 0 Å². The summed E-state index contributed by atoms with van der Waals surface area (Å²) in [5, 5.41) is 0. The standard InChI is InChI=1S/C38H48O3/c1-26(39)40-30-19-21-35(2)29(25-30)15-16-31-32-17-18-34(36(32,3)22-20-33(31)35)37(4)23-24-38(41-37,27-11-7-5-8-12-27)28-13-9-6-10-14-28/h5-15,30-34H,16-25H2,1-4H3/t30-,31-,32+,33-,34+,35+,36+,37+/m1/s1. The van der Waals surface area contributed by atoms with E-state index in [1.165, 1.54) is 43.2 Å². The number of benzene rings is 2. The largest absolute Gasteiger partial charge is 0.462 e. The van der Waals surface area contributed by atoms with Crippen molar-refractivity contribution in [1.82, 2.24) is 0 Å². The lowest BCUT2D eigenvalue weighted by Crippen LogP contribution is -2.53. The highest BCUT2D eigenvalue weighted by atomic mass is 16.5. The molecular formula is C38H48O3. The van der Waals surface area contributed by atoms with E-state index in [0.29, 0.717) is 11.3 Å².